The van der Waals surface area contributed by atoms with E-state index in [4.69, 9.17) is 9.15 Å². The zero-order chi connectivity index (χ0) is 12.4. The Morgan fingerprint density at radius 2 is 2.22 bits per heavy atom. The molecule has 0 bridgehead atoms. The van der Waals surface area contributed by atoms with Crippen LogP contribution in [0.1, 0.15) is 18.5 Å². The zero-order valence-electron chi connectivity index (χ0n) is 9.73. The molecule has 0 unspecified atom stereocenters. The van der Waals surface area contributed by atoms with Crippen molar-refractivity contribution in [3.8, 4) is 11.8 Å². The highest BCUT2D eigenvalue weighted by Gasteiger charge is 2.20. The lowest BCUT2D eigenvalue weighted by Gasteiger charge is -2.00. The number of hydrogen-bond acceptors (Lipinski definition) is 4. The van der Waals surface area contributed by atoms with Gasteiger partial charge in [-0.1, -0.05) is 12.1 Å². The lowest BCUT2D eigenvalue weighted by Crippen LogP contribution is -2.15. The minimum absolute atomic E-state index is 0.0627. The van der Waals surface area contributed by atoms with Gasteiger partial charge in [-0.15, -0.1) is 0 Å². The number of para-hydroxylation sites is 1. The number of oxazole rings is 1. The second-order valence-electron chi connectivity index (χ2n) is 4.29. The van der Waals surface area contributed by atoms with E-state index in [1.54, 1.807) is 12.1 Å². The fourth-order valence-corrected chi connectivity index (χ4v) is 1.57. The Bertz CT molecular complexity index is 537. The molecule has 2 aromatic rings. The fourth-order valence-electron chi connectivity index (χ4n) is 1.57. The van der Waals surface area contributed by atoms with Gasteiger partial charge in [0, 0.05) is 12.6 Å². The van der Waals surface area contributed by atoms with E-state index in [2.05, 4.69) is 10.3 Å². The van der Waals surface area contributed by atoms with E-state index in [-0.39, 0.29) is 11.8 Å². The van der Waals surface area contributed by atoms with Crippen molar-refractivity contribution in [2.24, 2.45) is 0 Å². The van der Waals surface area contributed by atoms with Crippen LogP contribution in [0.15, 0.2) is 34.9 Å². The molecule has 0 spiro atoms. The second-order valence-corrected chi connectivity index (χ2v) is 4.29. The van der Waals surface area contributed by atoms with Crippen LogP contribution in [0, 0.1) is 5.82 Å². The Morgan fingerprint density at radius 1 is 1.39 bits per heavy atom. The van der Waals surface area contributed by atoms with Crippen LogP contribution >= 0.6 is 0 Å². The van der Waals surface area contributed by atoms with Gasteiger partial charge in [-0.25, -0.2) is 4.39 Å². The van der Waals surface area contributed by atoms with E-state index in [0.717, 1.165) is 5.69 Å². The van der Waals surface area contributed by atoms with Gasteiger partial charge in [0.05, 0.1) is 5.69 Å². The first-order valence-corrected chi connectivity index (χ1v) is 5.91. The maximum Gasteiger partial charge on any atom is 0.399 e. The lowest BCUT2D eigenvalue weighted by molar-refractivity contribution is 0.318. The van der Waals surface area contributed by atoms with Crippen LogP contribution in [0.2, 0.25) is 0 Å². The van der Waals surface area contributed by atoms with E-state index in [9.17, 15) is 4.39 Å². The molecule has 1 saturated carbocycles. The average molecular weight is 248 g/mol. The third kappa shape index (κ3) is 2.68. The van der Waals surface area contributed by atoms with Gasteiger partial charge >= 0.3 is 6.08 Å². The highest BCUT2D eigenvalue weighted by molar-refractivity contribution is 5.26. The summed E-state index contributed by atoms with van der Waals surface area (Å²) < 4.78 is 23.7. The summed E-state index contributed by atoms with van der Waals surface area (Å²) in [6.45, 7) is 0.648. The molecule has 1 heterocycles. The Balaban J connectivity index is 1.63. The van der Waals surface area contributed by atoms with E-state index in [1.165, 1.54) is 31.2 Å². The van der Waals surface area contributed by atoms with Crippen molar-refractivity contribution >= 4 is 0 Å². The molecule has 1 aromatic heterocycles. The standard InChI is InChI=1S/C13H13FN2O2/c14-11-3-1-2-4-12(11)18-13-16-10(8-17-13)7-15-9-5-6-9/h1-4,8-9,15H,5-7H2. The summed E-state index contributed by atoms with van der Waals surface area (Å²) in [7, 11) is 0. The largest absolute Gasteiger partial charge is 0.417 e. The van der Waals surface area contributed by atoms with Crippen LogP contribution in [0.3, 0.4) is 0 Å². The zero-order valence-corrected chi connectivity index (χ0v) is 9.73. The number of nitrogens with zero attached hydrogens (tertiary/aromatic N) is 1. The molecular weight excluding hydrogens is 235 g/mol. The van der Waals surface area contributed by atoms with E-state index >= 15 is 0 Å². The van der Waals surface area contributed by atoms with Gasteiger partial charge in [0.25, 0.3) is 0 Å². The van der Waals surface area contributed by atoms with Crippen LogP contribution < -0.4 is 10.1 Å². The van der Waals surface area contributed by atoms with Crippen molar-refractivity contribution in [3.63, 3.8) is 0 Å². The monoisotopic (exact) mass is 248 g/mol. The van der Waals surface area contributed by atoms with Gasteiger partial charge in [0.15, 0.2) is 11.6 Å². The summed E-state index contributed by atoms with van der Waals surface area (Å²) in [5, 5.41) is 3.31. The molecule has 0 saturated heterocycles. The number of rotatable bonds is 5. The molecule has 1 aliphatic rings. The van der Waals surface area contributed by atoms with Gasteiger partial charge < -0.3 is 14.5 Å². The topological polar surface area (TPSA) is 47.3 Å². The van der Waals surface area contributed by atoms with Gasteiger partial charge in [0.1, 0.15) is 6.26 Å². The molecule has 0 aliphatic heterocycles. The Labute approximate surface area is 104 Å². The van der Waals surface area contributed by atoms with Crippen molar-refractivity contribution in [3.05, 3.63) is 42.0 Å². The van der Waals surface area contributed by atoms with Gasteiger partial charge in [-0.2, -0.15) is 4.98 Å². The molecule has 4 nitrogen and oxygen atoms in total. The van der Waals surface area contributed by atoms with Crippen molar-refractivity contribution in [2.45, 2.75) is 25.4 Å². The predicted molar refractivity (Wildman–Crippen MR) is 62.8 cm³/mol. The highest BCUT2D eigenvalue weighted by Crippen LogP contribution is 2.24. The first-order valence-electron chi connectivity index (χ1n) is 5.91. The van der Waals surface area contributed by atoms with E-state index < -0.39 is 5.82 Å². The van der Waals surface area contributed by atoms with Gasteiger partial charge in [-0.05, 0) is 25.0 Å². The minimum Gasteiger partial charge on any atom is -0.417 e. The van der Waals surface area contributed by atoms with Crippen molar-refractivity contribution in [1.82, 2.24) is 10.3 Å². The average Bonchev–Trinajstić information content (AvgIpc) is 3.10. The number of nitrogens with one attached hydrogen (secondary N) is 1. The van der Waals surface area contributed by atoms with E-state index in [1.807, 2.05) is 0 Å². The van der Waals surface area contributed by atoms with Crippen LogP contribution in [-0.4, -0.2) is 11.0 Å². The normalized spacial score (nSPS) is 14.7. The smallest absolute Gasteiger partial charge is 0.399 e. The fraction of sp³-hybridized carbons (Fsp3) is 0.308. The van der Waals surface area contributed by atoms with Crippen LogP contribution in [0.5, 0.6) is 11.8 Å². The maximum atomic E-state index is 13.3. The first kappa shape index (κ1) is 11.2. The van der Waals surface area contributed by atoms with Crippen LogP contribution in [0.4, 0.5) is 4.39 Å². The Hall–Kier alpha value is -1.88. The summed E-state index contributed by atoms with van der Waals surface area (Å²) in [5.41, 5.74) is 0.758. The van der Waals surface area contributed by atoms with Gasteiger partial charge in [0.2, 0.25) is 0 Å². The second kappa shape index (κ2) is 4.78. The molecule has 1 aliphatic carbocycles. The molecule has 18 heavy (non-hydrogen) atoms. The number of aromatic nitrogens is 1. The van der Waals surface area contributed by atoms with Crippen molar-refractivity contribution in [1.29, 1.82) is 0 Å². The summed E-state index contributed by atoms with van der Waals surface area (Å²) in [4.78, 5) is 4.13. The highest BCUT2D eigenvalue weighted by atomic mass is 19.1. The molecule has 0 amide bonds. The number of benzene rings is 1. The Kier molecular flexibility index (Phi) is 2.98. The molecule has 1 aromatic carbocycles. The minimum atomic E-state index is -0.437. The number of halogens is 1. The summed E-state index contributed by atoms with van der Waals surface area (Å²) in [5.74, 6) is -0.325. The van der Waals surface area contributed by atoms with Crippen LogP contribution in [0.25, 0.3) is 0 Å². The summed E-state index contributed by atoms with van der Waals surface area (Å²) in [6, 6.07) is 6.76. The van der Waals surface area contributed by atoms with Crippen molar-refractivity contribution in [2.75, 3.05) is 0 Å². The van der Waals surface area contributed by atoms with Crippen LogP contribution in [-0.2, 0) is 6.54 Å². The third-order valence-electron chi connectivity index (χ3n) is 2.71. The lowest BCUT2D eigenvalue weighted by atomic mass is 10.3. The van der Waals surface area contributed by atoms with Crippen molar-refractivity contribution < 1.29 is 13.5 Å². The summed E-state index contributed by atoms with van der Waals surface area (Å²) in [6.07, 6.45) is 4.02. The number of ether oxygens (including phenoxy) is 1. The predicted octanol–water partition coefficient (Wildman–Crippen LogP) is 2.86. The quantitative estimate of drug-likeness (QED) is 0.883. The molecule has 3 rings (SSSR count). The molecular formula is C13H13FN2O2. The molecule has 0 radical (unpaired) electrons. The first-order chi connectivity index (χ1) is 8.81. The third-order valence-corrected chi connectivity index (χ3v) is 2.71. The maximum absolute atomic E-state index is 13.3. The molecule has 94 valence electrons. The van der Waals surface area contributed by atoms with E-state index in [0.29, 0.717) is 12.6 Å². The Morgan fingerprint density at radius 3 is 3.00 bits per heavy atom. The molecule has 5 heteroatoms. The van der Waals surface area contributed by atoms with Gasteiger partial charge in [-0.3, -0.25) is 0 Å². The summed E-state index contributed by atoms with van der Waals surface area (Å²) >= 11 is 0. The molecule has 0 atom stereocenters. The molecule has 1 fully saturated rings. The SMILES string of the molecule is Fc1ccccc1Oc1nc(CNC2CC2)co1. The molecule has 1 N–H and O–H groups in total. The number of hydrogen-bond donors (Lipinski definition) is 1.